The second kappa shape index (κ2) is 8.40. The lowest BCUT2D eigenvalue weighted by atomic mass is 9.51. The molecule has 1 aromatic carbocycles. The van der Waals surface area contributed by atoms with Gasteiger partial charge >= 0.3 is 12.0 Å². The van der Waals surface area contributed by atoms with Crippen LogP contribution in [-0.2, 0) is 26.2 Å². The molecule has 2 aliphatic carbocycles. The lowest BCUT2D eigenvalue weighted by molar-refractivity contribution is -0.736. The van der Waals surface area contributed by atoms with Crippen molar-refractivity contribution in [3.05, 3.63) is 23.3 Å². The smallest absolute Gasteiger partial charge is 0.358 e. The van der Waals surface area contributed by atoms with Gasteiger partial charge in [0.05, 0.1) is 12.5 Å². The standard InChI is InChI=1S/C24H31N3O6/c1-25-13-27(3)33-20(30)9-8-19(29)31-18-7-5-15-16-12-14-4-6-17(28)22-21(14)24(15,23(18)32-22)10-11-26(16)2/h4,6,15-16,18-19,23,29H,5,7-12H2,1-3H3/p+1. The van der Waals surface area contributed by atoms with Crippen LogP contribution in [0.3, 0.4) is 0 Å². The summed E-state index contributed by atoms with van der Waals surface area (Å²) in [7, 11) is 5.25. The van der Waals surface area contributed by atoms with Crippen molar-refractivity contribution in [1.29, 1.82) is 0 Å². The van der Waals surface area contributed by atoms with Gasteiger partial charge in [-0.15, -0.1) is 0 Å². The topological polar surface area (TPSA) is 104 Å². The summed E-state index contributed by atoms with van der Waals surface area (Å²) in [6.07, 6.45) is 2.05. The number of aliphatic imine (C=N–C) groups is 1. The molecule has 6 unspecified atom stereocenters. The number of hydroxylamine groups is 1. The number of aliphatic hydroxyl groups excluding tert-OH is 1. The van der Waals surface area contributed by atoms with Gasteiger partial charge in [-0.2, -0.15) is 0 Å². The van der Waals surface area contributed by atoms with Gasteiger partial charge in [-0.25, -0.2) is 4.79 Å². The van der Waals surface area contributed by atoms with E-state index in [1.165, 1.54) is 19.7 Å². The second-order valence-electron chi connectivity index (χ2n) is 9.66. The van der Waals surface area contributed by atoms with Crippen molar-refractivity contribution in [3.63, 3.8) is 0 Å². The molecule has 2 aliphatic heterocycles. The molecular weight excluding hydrogens is 426 g/mol. The third-order valence-electron chi connectivity index (χ3n) is 7.95. The van der Waals surface area contributed by atoms with Gasteiger partial charge in [0.1, 0.15) is 20.2 Å². The van der Waals surface area contributed by atoms with E-state index in [1.54, 1.807) is 6.07 Å². The van der Waals surface area contributed by atoms with Crippen LogP contribution in [0.25, 0.3) is 0 Å². The average Bonchev–Trinajstić information content (AvgIpc) is 3.13. The molecule has 2 heterocycles. The molecule has 1 aromatic rings. The molecule has 6 atom stereocenters. The Morgan fingerprint density at radius 1 is 1.45 bits per heavy atom. The van der Waals surface area contributed by atoms with Crippen molar-refractivity contribution in [2.45, 2.75) is 68.5 Å². The van der Waals surface area contributed by atoms with Crippen molar-refractivity contribution in [3.8, 4) is 11.5 Å². The Kier molecular flexibility index (Phi) is 5.69. The Morgan fingerprint density at radius 2 is 2.27 bits per heavy atom. The predicted octanol–water partition coefficient (Wildman–Crippen LogP) is 1.45. The van der Waals surface area contributed by atoms with Gasteiger partial charge < -0.3 is 24.6 Å². The number of benzene rings is 1. The third kappa shape index (κ3) is 3.54. The highest BCUT2D eigenvalue weighted by Crippen LogP contribution is 2.64. The van der Waals surface area contributed by atoms with E-state index in [4.69, 9.17) is 14.3 Å². The number of ether oxygens (including phenoxy) is 2. The second-order valence-corrected chi connectivity index (χ2v) is 9.66. The van der Waals surface area contributed by atoms with Crippen LogP contribution in [-0.4, -0.2) is 84.1 Å². The van der Waals surface area contributed by atoms with Crippen LogP contribution in [0.4, 0.5) is 0 Å². The van der Waals surface area contributed by atoms with E-state index in [-0.39, 0.29) is 36.2 Å². The molecule has 9 nitrogen and oxygen atoms in total. The lowest BCUT2D eigenvalue weighted by Gasteiger charge is -2.59. The monoisotopic (exact) mass is 458 g/mol. The Morgan fingerprint density at radius 3 is 3.06 bits per heavy atom. The first-order chi connectivity index (χ1) is 15.8. The molecule has 9 heteroatoms. The molecule has 2 fully saturated rings. The van der Waals surface area contributed by atoms with Crippen molar-refractivity contribution >= 4 is 12.0 Å². The number of likely N-dealkylation sites (N-methyl/N-ethyl adjacent to an activating group) is 1. The lowest BCUT2D eigenvalue weighted by Crippen LogP contribution is -2.66. The summed E-state index contributed by atoms with van der Waals surface area (Å²) >= 11 is 0. The number of hydrogen-bond acceptors (Lipinski definition) is 8. The van der Waals surface area contributed by atoms with Crippen molar-refractivity contribution in [1.82, 2.24) is 4.90 Å². The Bertz CT molecular complexity index is 1020. The summed E-state index contributed by atoms with van der Waals surface area (Å²) < 4.78 is 13.6. The molecule has 1 spiro atoms. The number of phenols is 1. The van der Waals surface area contributed by atoms with E-state index in [2.05, 4.69) is 22.9 Å². The minimum Gasteiger partial charge on any atom is -0.504 e. The summed E-state index contributed by atoms with van der Waals surface area (Å²) in [5.74, 6) is 0.696. The maximum atomic E-state index is 12.0. The number of carbonyl (C=O) groups excluding carboxylic acids is 1. The number of likely N-dealkylation sites (tertiary alicyclic amines) is 1. The van der Waals surface area contributed by atoms with Crippen LogP contribution in [0.15, 0.2) is 17.1 Å². The highest BCUT2D eigenvalue weighted by atomic mass is 16.7. The van der Waals surface area contributed by atoms with Crippen LogP contribution in [0, 0.1) is 5.92 Å². The maximum absolute atomic E-state index is 12.0. The molecule has 0 aromatic heterocycles. The van der Waals surface area contributed by atoms with E-state index in [1.807, 2.05) is 6.07 Å². The first-order valence-corrected chi connectivity index (χ1v) is 11.7. The summed E-state index contributed by atoms with van der Waals surface area (Å²) in [5.41, 5.74) is 2.20. The van der Waals surface area contributed by atoms with Crippen molar-refractivity contribution in [2.24, 2.45) is 10.9 Å². The number of piperidine rings is 1. The SMILES string of the molecule is CN=C=[N+](C)OC(=O)CCC(O)OC1CCC2C3Cc4ccc(O)c5c4C2(CCN3C)C1O5. The first kappa shape index (κ1) is 22.3. The average molecular weight is 459 g/mol. The number of carbonyl (C=O) groups is 1. The highest BCUT2D eigenvalue weighted by Gasteiger charge is 2.65. The van der Waals surface area contributed by atoms with Gasteiger partial charge in [0.25, 0.3) is 0 Å². The highest BCUT2D eigenvalue weighted by molar-refractivity contribution is 5.68. The minimum absolute atomic E-state index is 0.000936. The summed E-state index contributed by atoms with van der Waals surface area (Å²) in [6, 6.07) is 6.69. The van der Waals surface area contributed by atoms with Gasteiger partial charge in [0.2, 0.25) is 0 Å². The van der Waals surface area contributed by atoms with Gasteiger partial charge in [-0.3, -0.25) is 4.84 Å². The zero-order valence-corrected chi connectivity index (χ0v) is 19.4. The maximum Gasteiger partial charge on any atom is 0.358 e. The van der Waals surface area contributed by atoms with Crippen LogP contribution >= 0.6 is 0 Å². The zero-order valence-electron chi connectivity index (χ0n) is 19.4. The first-order valence-electron chi connectivity index (χ1n) is 11.7. The van der Waals surface area contributed by atoms with Crippen molar-refractivity contribution < 1.29 is 34.1 Å². The quantitative estimate of drug-likeness (QED) is 0.219. The molecule has 2 N–H and O–H groups in total. The number of nitrogens with zero attached hydrogens (tertiary/aromatic N) is 3. The van der Waals surface area contributed by atoms with Crippen LogP contribution in [0.2, 0.25) is 0 Å². The fourth-order valence-electron chi connectivity index (χ4n) is 6.70. The summed E-state index contributed by atoms with van der Waals surface area (Å²) in [5, 5.41) is 21.2. The molecule has 1 saturated carbocycles. The third-order valence-corrected chi connectivity index (χ3v) is 7.95. The molecular formula is C24H32N3O6+. The fourth-order valence-corrected chi connectivity index (χ4v) is 6.70. The Hall–Kier alpha value is -2.45. The van der Waals surface area contributed by atoms with Gasteiger partial charge in [-0.05, 0) is 66.6 Å². The number of aliphatic hydroxyl groups is 1. The van der Waals surface area contributed by atoms with Gasteiger partial charge in [0.15, 0.2) is 17.8 Å². The fraction of sp³-hybridized carbons (Fsp3) is 0.667. The minimum atomic E-state index is -1.12. The molecule has 2 bridgehead atoms. The van der Waals surface area contributed by atoms with Gasteiger partial charge in [0, 0.05) is 23.4 Å². The number of rotatable bonds is 6. The zero-order chi connectivity index (χ0) is 23.3. The van der Waals surface area contributed by atoms with Crippen LogP contribution in [0.1, 0.15) is 43.2 Å². The summed E-state index contributed by atoms with van der Waals surface area (Å²) in [4.78, 5) is 23.1. The molecule has 0 radical (unpaired) electrons. The normalized spacial score (nSPS) is 32.2. The number of aromatic hydroxyl groups is 1. The molecule has 4 aliphatic rings. The Labute approximate surface area is 193 Å². The Balaban J connectivity index is 1.34. The van der Waals surface area contributed by atoms with E-state index in [9.17, 15) is 15.0 Å². The van der Waals surface area contributed by atoms with E-state index in [0.717, 1.165) is 42.5 Å². The molecule has 178 valence electrons. The van der Waals surface area contributed by atoms with Crippen LogP contribution in [0.5, 0.6) is 11.5 Å². The van der Waals surface area contributed by atoms with Gasteiger partial charge in [-0.1, -0.05) is 6.07 Å². The van der Waals surface area contributed by atoms with Crippen molar-refractivity contribution in [2.75, 3.05) is 27.7 Å². The largest absolute Gasteiger partial charge is 0.504 e. The molecule has 33 heavy (non-hydrogen) atoms. The molecule has 0 amide bonds. The van der Waals surface area contributed by atoms with Crippen LogP contribution < -0.4 is 4.74 Å². The predicted molar refractivity (Wildman–Crippen MR) is 117 cm³/mol. The molecule has 1 saturated heterocycles. The number of hydrogen-bond donors (Lipinski definition) is 2. The molecule has 5 rings (SSSR count). The van der Waals surface area contributed by atoms with E-state index in [0.29, 0.717) is 17.7 Å². The van der Waals surface area contributed by atoms with E-state index < -0.39 is 12.3 Å². The number of phenolic OH excluding ortho intramolecular Hbond substituents is 1. The summed E-state index contributed by atoms with van der Waals surface area (Å²) in [6.45, 7) is 0.961. The van der Waals surface area contributed by atoms with E-state index >= 15 is 0 Å².